The number of Topliss-reactive ketones (excluding diaryl/α,β-unsaturated/α-hetero) is 1. The molecule has 0 spiro atoms. The normalized spacial score (nSPS) is 17.8. The molecule has 6 heterocycles. The largest absolute Gasteiger partial charge is 0.367 e. The second kappa shape index (κ2) is 27.2. The molecule has 0 bridgehead atoms. The van der Waals surface area contributed by atoms with Crippen LogP contribution in [0.3, 0.4) is 0 Å². The number of benzene rings is 1. The summed E-state index contributed by atoms with van der Waals surface area (Å²) in [5.41, 5.74) is 2.58. The Hall–Kier alpha value is -6.96. The quantitative estimate of drug-likeness (QED) is 0.0461. The van der Waals surface area contributed by atoms with Crippen LogP contribution in [0.25, 0.3) is 11.0 Å². The van der Waals surface area contributed by atoms with Crippen molar-refractivity contribution in [1.29, 1.82) is 0 Å². The van der Waals surface area contributed by atoms with Gasteiger partial charge < -0.3 is 30.2 Å². The van der Waals surface area contributed by atoms with Crippen LogP contribution in [0.5, 0.6) is 0 Å². The molecule has 81 heavy (non-hydrogen) atoms. The standard InChI is InChI=1S/C61H78FN11O7S/c1-39-47-37-64-61(68-56(47)73(45-20-15-16-21-45)59(79)53(39)41(3)74)66-50-30-29-46(36-63-50)70-32-34-71(35-33-70)52(76)24-14-9-7-5-6-8-13-23-51(75)69(4)40(2)57(78)67-54(42-18-11-10-12-19-42)60(80)72-31-17-22-49(72)58-65-48(38-81-58)55(77)43-25-27-44(62)28-26-43/h25-30,36-38,40,42,45,49,54H,5-24,31-35H2,1-4H3,(H,67,78)(H,63,64,66,68)/t40?,49?,54-/m0/s1. The molecule has 4 aromatic heterocycles. The smallest absolute Gasteiger partial charge is 0.263 e. The third kappa shape index (κ3) is 14.0. The van der Waals surface area contributed by atoms with E-state index in [2.05, 4.69) is 30.5 Å². The molecule has 2 saturated carbocycles. The number of nitrogens with zero attached hydrogens (tertiary/aromatic N) is 9. The van der Waals surface area contributed by atoms with Crippen LogP contribution in [0, 0.1) is 18.7 Å². The Morgan fingerprint density at radius 3 is 2.14 bits per heavy atom. The molecule has 2 aliphatic carbocycles. The Balaban J connectivity index is 0.657. The summed E-state index contributed by atoms with van der Waals surface area (Å²) in [6, 6.07) is 7.38. The molecule has 4 aliphatic rings. The van der Waals surface area contributed by atoms with Gasteiger partial charge in [-0.25, -0.2) is 19.3 Å². The minimum Gasteiger partial charge on any atom is -0.367 e. The molecule has 20 heteroatoms. The minimum absolute atomic E-state index is 0.0123. The lowest BCUT2D eigenvalue weighted by atomic mass is 9.83. The van der Waals surface area contributed by atoms with E-state index in [1.165, 1.54) is 47.4 Å². The fraction of sp³-hybridized carbons (Fsp3) is 0.557. The number of unbranched alkanes of at least 4 members (excludes halogenated alkanes) is 6. The van der Waals surface area contributed by atoms with E-state index >= 15 is 0 Å². The fourth-order valence-electron chi connectivity index (χ4n) is 12.3. The van der Waals surface area contributed by atoms with Crippen LogP contribution in [0.1, 0.15) is 191 Å². The SMILES string of the molecule is CC(=O)c1c(C)c2cnc(Nc3ccc(N4CCN(C(=O)CCCCCCCCCC(=O)N(C)C(C)C(=O)N[C@H](C(=O)N5CCCC5c5nc(C(=O)c6ccc(F)cc6)cs5)C5CCCCC5)CC4)cn3)nc2n(C2CCCC2)c1=O. The summed E-state index contributed by atoms with van der Waals surface area (Å²) in [6.07, 6.45) is 20.7. The number of hydrogen-bond acceptors (Lipinski definition) is 14. The summed E-state index contributed by atoms with van der Waals surface area (Å²) in [5, 5.41) is 9.34. The Morgan fingerprint density at radius 1 is 0.778 bits per heavy atom. The zero-order valence-electron chi connectivity index (χ0n) is 47.4. The first kappa shape index (κ1) is 58.7. The van der Waals surface area contributed by atoms with Crippen molar-refractivity contribution in [1.82, 2.24) is 44.5 Å². The number of hydrogen-bond donors (Lipinski definition) is 2. The molecule has 432 valence electrons. The highest BCUT2D eigenvalue weighted by Crippen LogP contribution is 2.37. The highest BCUT2D eigenvalue weighted by Gasteiger charge is 2.41. The highest BCUT2D eigenvalue weighted by atomic mass is 32.1. The number of ketones is 2. The van der Waals surface area contributed by atoms with Gasteiger partial charge >= 0.3 is 0 Å². The van der Waals surface area contributed by atoms with Crippen LogP contribution < -0.4 is 21.1 Å². The van der Waals surface area contributed by atoms with Crippen molar-refractivity contribution >= 4 is 75.0 Å². The zero-order valence-corrected chi connectivity index (χ0v) is 48.2. The topological polar surface area (TPSA) is 213 Å². The number of piperazine rings is 1. The second-order valence-corrected chi connectivity index (χ2v) is 23.5. The van der Waals surface area contributed by atoms with Crippen molar-refractivity contribution in [2.75, 3.05) is 50.0 Å². The molecule has 2 unspecified atom stereocenters. The van der Waals surface area contributed by atoms with Crippen LogP contribution in [0.15, 0.2) is 59.0 Å². The van der Waals surface area contributed by atoms with E-state index in [0.29, 0.717) is 97.3 Å². The average Bonchev–Trinajstić information content (AvgIpc) is 4.41. The maximum atomic E-state index is 14.5. The van der Waals surface area contributed by atoms with Crippen LogP contribution in [0.2, 0.25) is 0 Å². The lowest BCUT2D eigenvalue weighted by Crippen LogP contribution is -2.56. The van der Waals surface area contributed by atoms with Gasteiger partial charge in [-0.3, -0.25) is 38.1 Å². The third-order valence-electron chi connectivity index (χ3n) is 17.2. The number of carbonyl (C=O) groups excluding carboxylic acids is 6. The van der Waals surface area contributed by atoms with Crippen LogP contribution >= 0.6 is 11.3 Å². The van der Waals surface area contributed by atoms with E-state index in [9.17, 15) is 38.0 Å². The van der Waals surface area contributed by atoms with Gasteiger partial charge in [0.25, 0.3) is 5.56 Å². The number of likely N-dealkylation sites (tertiary alicyclic amines) is 1. The number of thiazole rings is 1. The fourth-order valence-corrected chi connectivity index (χ4v) is 13.3. The molecular weight excluding hydrogens is 1050 g/mol. The van der Waals surface area contributed by atoms with E-state index in [1.807, 2.05) is 21.9 Å². The average molecular weight is 1130 g/mol. The van der Waals surface area contributed by atoms with E-state index in [-0.39, 0.29) is 70.0 Å². The number of nitrogens with one attached hydrogen (secondary N) is 2. The van der Waals surface area contributed by atoms with Crippen molar-refractivity contribution in [3.8, 4) is 0 Å². The molecule has 2 saturated heterocycles. The predicted molar refractivity (Wildman–Crippen MR) is 310 cm³/mol. The first-order chi connectivity index (χ1) is 39.2. The van der Waals surface area contributed by atoms with Gasteiger partial charge in [0.15, 0.2) is 5.78 Å². The van der Waals surface area contributed by atoms with Crippen molar-refractivity contribution in [3.63, 3.8) is 0 Å². The van der Waals surface area contributed by atoms with Crippen molar-refractivity contribution in [3.05, 3.63) is 97.7 Å². The van der Waals surface area contributed by atoms with Gasteiger partial charge in [0.2, 0.25) is 35.4 Å². The van der Waals surface area contributed by atoms with Gasteiger partial charge in [0.1, 0.15) is 40.1 Å². The lowest BCUT2D eigenvalue weighted by molar-refractivity contribution is -0.142. The lowest BCUT2D eigenvalue weighted by Gasteiger charge is -2.36. The number of halogens is 1. The number of likely N-dealkylation sites (N-methyl/N-ethyl adjacent to an activating group) is 1. The predicted octanol–water partition coefficient (Wildman–Crippen LogP) is 9.82. The molecule has 2 aliphatic heterocycles. The van der Waals surface area contributed by atoms with Gasteiger partial charge in [-0.2, -0.15) is 4.98 Å². The molecule has 2 N–H and O–H groups in total. The van der Waals surface area contributed by atoms with Gasteiger partial charge in [0.05, 0.1) is 23.5 Å². The number of pyridine rings is 2. The monoisotopic (exact) mass is 1130 g/mol. The number of carbonyl (C=O) groups is 6. The van der Waals surface area contributed by atoms with Crippen LogP contribution in [0.4, 0.5) is 21.8 Å². The van der Waals surface area contributed by atoms with Crippen molar-refractivity contribution in [2.24, 2.45) is 5.92 Å². The molecule has 1 aromatic carbocycles. The van der Waals surface area contributed by atoms with E-state index in [1.54, 1.807) is 43.2 Å². The van der Waals surface area contributed by atoms with Crippen LogP contribution in [-0.2, 0) is 19.2 Å². The molecule has 3 atom stereocenters. The Kier molecular flexibility index (Phi) is 19.7. The van der Waals surface area contributed by atoms with Gasteiger partial charge in [-0.05, 0) is 120 Å². The molecule has 0 radical (unpaired) electrons. The van der Waals surface area contributed by atoms with Crippen LogP contribution in [-0.4, -0.2) is 126 Å². The Bertz CT molecular complexity index is 3110. The minimum atomic E-state index is -0.767. The Labute approximate surface area is 477 Å². The zero-order chi connectivity index (χ0) is 57.2. The molecule has 4 amide bonds. The third-order valence-corrected chi connectivity index (χ3v) is 18.2. The van der Waals surface area contributed by atoms with Gasteiger partial charge in [0, 0.05) is 81.2 Å². The van der Waals surface area contributed by atoms with Crippen molar-refractivity contribution in [2.45, 2.75) is 173 Å². The summed E-state index contributed by atoms with van der Waals surface area (Å²) in [6.45, 7) is 8.11. The van der Waals surface area contributed by atoms with Gasteiger partial charge in [-0.1, -0.05) is 64.2 Å². The summed E-state index contributed by atoms with van der Waals surface area (Å²) < 4.78 is 15.2. The number of anilines is 3. The van der Waals surface area contributed by atoms with Gasteiger partial charge in [-0.15, -0.1) is 11.3 Å². The molecule has 5 aromatic rings. The van der Waals surface area contributed by atoms with E-state index in [4.69, 9.17) is 4.98 Å². The summed E-state index contributed by atoms with van der Waals surface area (Å²) in [7, 11) is 1.65. The number of amides is 4. The molecule has 4 fully saturated rings. The van der Waals surface area contributed by atoms with Crippen molar-refractivity contribution < 1.29 is 33.2 Å². The Morgan fingerprint density at radius 2 is 1.46 bits per heavy atom. The second-order valence-electron chi connectivity index (χ2n) is 22.6. The maximum absolute atomic E-state index is 14.5. The first-order valence-corrected chi connectivity index (χ1v) is 30.4. The highest BCUT2D eigenvalue weighted by molar-refractivity contribution is 7.10. The van der Waals surface area contributed by atoms with E-state index < -0.39 is 17.9 Å². The molecule has 18 nitrogen and oxygen atoms in total. The first-order valence-electron chi connectivity index (χ1n) is 29.5. The molecule has 9 rings (SSSR count). The number of rotatable bonds is 23. The maximum Gasteiger partial charge on any atom is 0.263 e. The summed E-state index contributed by atoms with van der Waals surface area (Å²) >= 11 is 1.33. The number of aryl methyl sites for hydroxylation is 1. The van der Waals surface area contributed by atoms with E-state index in [0.717, 1.165) is 108 Å². The summed E-state index contributed by atoms with van der Waals surface area (Å²) in [4.78, 5) is 120. The number of aromatic nitrogens is 5. The summed E-state index contributed by atoms with van der Waals surface area (Å²) in [5.74, 6) is -0.582. The number of fused-ring (bicyclic) bond motifs is 1. The molecular formula is C61H78FN11O7S.